The number of para-hydroxylation sites is 2. The lowest BCUT2D eigenvalue weighted by Gasteiger charge is -2.23. The van der Waals surface area contributed by atoms with Crippen molar-refractivity contribution in [3.63, 3.8) is 0 Å². The Morgan fingerprint density at radius 3 is 2.35 bits per heavy atom. The molecule has 3 rings (SSSR count). The monoisotopic (exact) mass is 379 g/mol. The van der Waals surface area contributed by atoms with Gasteiger partial charge in [0.05, 0.1) is 22.5 Å². The van der Waals surface area contributed by atoms with Gasteiger partial charge in [0.25, 0.3) is 0 Å². The molecule has 7 nitrogen and oxygen atoms in total. The first kappa shape index (κ1) is 18.7. The summed E-state index contributed by atoms with van der Waals surface area (Å²) in [5, 5.41) is 0. The third-order valence-electron chi connectivity index (χ3n) is 5.07. The van der Waals surface area contributed by atoms with Gasteiger partial charge in [-0.15, -0.1) is 0 Å². The van der Waals surface area contributed by atoms with Crippen molar-refractivity contribution in [1.82, 2.24) is 14.0 Å². The van der Waals surface area contributed by atoms with Crippen LogP contribution in [0.5, 0.6) is 0 Å². The first-order valence-corrected chi connectivity index (χ1v) is 10.8. The third-order valence-corrected chi connectivity index (χ3v) is 6.82. The Kier molecular flexibility index (Phi) is 5.22. The number of hydrogen-bond donors (Lipinski definition) is 0. The standard InChI is InChI=1S/C18H25N3O4S/c1-3-10-20-15-6-4-5-7-16(15)21(18(20)23)11-8-17(22)19(2)14-9-12-26(24,25)13-14/h4-7,14H,3,8-13H2,1-2H3. The van der Waals surface area contributed by atoms with Crippen LogP contribution in [0.4, 0.5) is 0 Å². The molecule has 1 aromatic heterocycles. The highest BCUT2D eigenvalue weighted by molar-refractivity contribution is 7.91. The van der Waals surface area contributed by atoms with Gasteiger partial charge in [-0.25, -0.2) is 13.2 Å². The maximum atomic E-state index is 12.7. The number of hydrogen-bond acceptors (Lipinski definition) is 4. The largest absolute Gasteiger partial charge is 0.342 e. The molecule has 0 bridgehead atoms. The van der Waals surface area contributed by atoms with E-state index < -0.39 is 9.84 Å². The highest BCUT2D eigenvalue weighted by Gasteiger charge is 2.32. The van der Waals surface area contributed by atoms with Gasteiger partial charge in [0, 0.05) is 32.6 Å². The molecule has 1 aliphatic rings. The van der Waals surface area contributed by atoms with Crippen LogP contribution < -0.4 is 5.69 Å². The van der Waals surface area contributed by atoms with E-state index in [1.807, 2.05) is 31.2 Å². The number of carbonyl (C=O) groups excluding carboxylic acids is 1. The van der Waals surface area contributed by atoms with Crippen molar-refractivity contribution in [2.24, 2.45) is 0 Å². The molecule has 0 saturated carbocycles. The minimum Gasteiger partial charge on any atom is -0.342 e. The first-order chi connectivity index (χ1) is 12.3. The molecule has 1 aliphatic heterocycles. The van der Waals surface area contributed by atoms with Crippen molar-refractivity contribution in [2.75, 3.05) is 18.6 Å². The number of sulfone groups is 1. The highest BCUT2D eigenvalue weighted by atomic mass is 32.2. The predicted molar refractivity (Wildman–Crippen MR) is 101 cm³/mol. The summed E-state index contributed by atoms with van der Waals surface area (Å²) in [7, 11) is -1.38. The second kappa shape index (κ2) is 7.26. The Morgan fingerprint density at radius 2 is 1.81 bits per heavy atom. The first-order valence-electron chi connectivity index (χ1n) is 8.98. The lowest BCUT2D eigenvalue weighted by atomic mass is 10.2. The minimum absolute atomic E-state index is 0.0327. The van der Waals surface area contributed by atoms with Crippen LogP contribution >= 0.6 is 0 Å². The summed E-state index contributed by atoms with van der Waals surface area (Å²) in [4.78, 5) is 26.8. The number of amides is 1. The lowest BCUT2D eigenvalue weighted by molar-refractivity contribution is -0.131. The average molecular weight is 379 g/mol. The predicted octanol–water partition coefficient (Wildman–Crippen LogP) is 1.25. The molecule has 0 radical (unpaired) electrons. The number of aromatic nitrogens is 2. The molecule has 1 amide bonds. The fourth-order valence-corrected chi connectivity index (χ4v) is 5.37. The maximum Gasteiger partial charge on any atom is 0.329 e. The van der Waals surface area contributed by atoms with Gasteiger partial charge in [-0.05, 0) is 25.0 Å². The van der Waals surface area contributed by atoms with E-state index in [0.29, 0.717) is 19.5 Å². The zero-order valence-corrected chi connectivity index (χ0v) is 16.0. The molecule has 1 atom stereocenters. The Labute approximate surface area is 153 Å². The third kappa shape index (κ3) is 3.56. The van der Waals surface area contributed by atoms with E-state index in [2.05, 4.69) is 0 Å². The number of nitrogens with zero attached hydrogens (tertiary/aromatic N) is 3. The molecule has 26 heavy (non-hydrogen) atoms. The van der Waals surface area contributed by atoms with Crippen LogP contribution in [0, 0.1) is 0 Å². The van der Waals surface area contributed by atoms with Crippen molar-refractivity contribution in [3.05, 3.63) is 34.7 Å². The van der Waals surface area contributed by atoms with E-state index in [4.69, 9.17) is 0 Å². The molecule has 1 unspecified atom stereocenters. The van der Waals surface area contributed by atoms with E-state index in [1.165, 1.54) is 4.90 Å². The second-order valence-electron chi connectivity index (χ2n) is 6.89. The topological polar surface area (TPSA) is 81.4 Å². The maximum absolute atomic E-state index is 12.7. The Hall–Kier alpha value is -2.09. The Morgan fingerprint density at radius 1 is 1.19 bits per heavy atom. The number of aryl methyl sites for hydroxylation is 2. The molecule has 8 heteroatoms. The van der Waals surface area contributed by atoms with Crippen LogP contribution in [0.3, 0.4) is 0 Å². The SMILES string of the molecule is CCCn1c(=O)n(CCC(=O)N(C)C2CCS(=O)(=O)C2)c2ccccc21. The summed E-state index contributed by atoms with van der Waals surface area (Å²) < 4.78 is 26.6. The molecule has 1 saturated heterocycles. The van der Waals surface area contributed by atoms with E-state index >= 15 is 0 Å². The Bertz CT molecular complexity index is 974. The summed E-state index contributed by atoms with van der Waals surface area (Å²) in [6.45, 7) is 2.95. The van der Waals surface area contributed by atoms with Crippen LogP contribution in [0.25, 0.3) is 11.0 Å². The molecule has 2 heterocycles. The summed E-state index contributed by atoms with van der Waals surface area (Å²) in [5.74, 6) is 0.0378. The lowest BCUT2D eigenvalue weighted by Crippen LogP contribution is -2.38. The molecule has 0 spiro atoms. The summed E-state index contributed by atoms with van der Waals surface area (Å²) in [5.41, 5.74) is 1.60. The van der Waals surface area contributed by atoms with Crippen molar-refractivity contribution in [1.29, 1.82) is 0 Å². The van der Waals surface area contributed by atoms with Gasteiger partial charge in [-0.3, -0.25) is 13.9 Å². The van der Waals surface area contributed by atoms with E-state index in [1.54, 1.807) is 16.2 Å². The quantitative estimate of drug-likeness (QED) is 0.756. The van der Waals surface area contributed by atoms with Crippen LogP contribution in [0.2, 0.25) is 0 Å². The second-order valence-corrected chi connectivity index (χ2v) is 9.11. The molecular formula is C18H25N3O4S. The smallest absolute Gasteiger partial charge is 0.329 e. The molecular weight excluding hydrogens is 354 g/mol. The van der Waals surface area contributed by atoms with Gasteiger partial charge < -0.3 is 4.90 Å². The highest BCUT2D eigenvalue weighted by Crippen LogP contribution is 2.18. The van der Waals surface area contributed by atoms with Crippen LogP contribution in [-0.2, 0) is 27.7 Å². The fraction of sp³-hybridized carbons (Fsp3) is 0.556. The summed E-state index contributed by atoms with van der Waals surface area (Å²) in [6, 6.07) is 7.33. The Balaban J connectivity index is 1.76. The average Bonchev–Trinajstić information content (AvgIpc) is 3.10. The molecule has 1 fully saturated rings. The minimum atomic E-state index is -3.03. The number of imidazole rings is 1. The zero-order valence-electron chi connectivity index (χ0n) is 15.2. The molecule has 1 aromatic carbocycles. The van der Waals surface area contributed by atoms with Gasteiger partial charge in [-0.2, -0.15) is 0 Å². The fourth-order valence-electron chi connectivity index (χ4n) is 3.60. The number of benzene rings is 1. The molecule has 142 valence electrons. The number of fused-ring (bicyclic) bond motifs is 1. The number of carbonyl (C=O) groups is 1. The van der Waals surface area contributed by atoms with Crippen molar-refractivity contribution in [3.8, 4) is 0 Å². The van der Waals surface area contributed by atoms with Gasteiger partial charge >= 0.3 is 5.69 Å². The molecule has 2 aromatic rings. The van der Waals surface area contributed by atoms with Crippen LogP contribution in [-0.4, -0.2) is 53.0 Å². The van der Waals surface area contributed by atoms with Gasteiger partial charge in [0.1, 0.15) is 0 Å². The van der Waals surface area contributed by atoms with Crippen LogP contribution in [0.15, 0.2) is 29.1 Å². The summed E-state index contributed by atoms with van der Waals surface area (Å²) in [6.07, 6.45) is 1.51. The van der Waals surface area contributed by atoms with Crippen molar-refractivity contribution >= 4 is 26.8 Å². The summed E-state index contributed by atoms with van der Waals surface area (Å²) >= 11 is 0. The van der Waals surface area contributed by atoms with Crippen LogP contribution in [0.1, 0.15) is 26.2 Å². The van der Waals surface area contributed by atoms with E-state index in [0.717, 1.165) is 17.5 Å². The van der Waals surface area contributed by atoms with E-state index in [9.17, 15) is 18.0 Å². The van der Waals surface area contributed by atoms with Crippen molar-refractivity contribution < 1.29 is 13.2 Å². The zero-order chi connectivity index (χ0) is 18.9. The van der Waals surface area contributed by atoms with Crippen molar-refractivity contribution in [2.45, 2.75) is 45.3 Å². The number of rotatable bonds is 6. The van der Waals surface area contributed by atoms with Gasteiger partial charge in [0.15, 0.2) is 9.84 Å². The van der Waals surface area contributed by atoms with Gasteiger partial charge in [0.2, 0.25) is 5.91 Å². The normalized spacial score (nSPS) is 19.1. The molecule has 0 N–H and O–H groups in total. The van der Waals surface area contributed by atoms with E-state index in [-0.39, 0.29) is 35.6 Å². The molecule has 0 aliphatic carbocycles. The van der Waals surface area contributed by atoms with Gasteiger partial charge in [-0.1, -0.05) is 19.1 Å².